The molecule has 1 aromatic rings. The van der Waals surface area contributed by atoms with E-state index in [1.54, 1.807) is 0 Å². The molecule has 1 unspecified atom stereocenters. The Balaban J connectivity index is 1.89. The summed E-state index contributed by atoms with van der Waals surface area (Å²) in [6.07, 6.45) is 1.66. The van der Waals surface area contributed by atoms with E-state index in [0.717, 1.165) is 31.7 Å². The number of hydrogen-bond acceptors (Lipinski definition) is 3. The Bertz CT molecular complexity index is 438. The SMILES string of the molecule is CN(Cc1ccc(C#CCCO)cc1)C1CCOC1. The van der Waals surface area contributed by atoms with Gasteiger partial charge in [0, 0.05) is 31.2 Å². The highest BCUT2D eigenvalue weighted by Crippen LogP contribution is 2.14. The normalized spacial score (nSPS) is 18.4. The van der Waals surface area contributed by atoms with Crippen molar-refractivity contribution in [3.8, 4) is 11.8 Å². The lowest BCUT2D eigenvalue weighted by molar-refractivity contribution is 0.156. The molecule has 3 nitrogen and oxygen atoms in total. The summed E-state index contributed by atoms with van der Waals surface area (Å²) >= 11 is 0. The van der Waals surface area contributed by atoms with Crippen LogP contribution in [0.4, 0.5) is 0 Å². The zero-order valence-electron chi connectivity index (χ0n) is 11.4. The topological polar surface area (TPSA) is 32.7 Å². The Morgan fingerprint density at radius 1 is 1.37 bits per heavy atom. The fourth-order valence-corrected chi connectivity index (χ4v) is 2.20. The van der Waals surface area contributed by atoms with Gasteiger partial charge in [-0.2, -0.15) is 0 Å². The van der Waals surface area contributed by atoms with Gasteiger partial charge in [-0.25, -0.2) is 0 Å². The maximum atomic E-state index is 8.67. The lowest BCUT2D eigenvalue weighted by Gasteiger charge is -2.22. The van der Waals surface area contributed by atoms with Gasteiger partial charge in [-0.1, -0.05) is 24.0 Å². The van der Waals surface area contributed by atoms with Gasteiger partial charge in [0.15, 0.2) is 0 Å². The molecule has 0 saturated carbocycles. The molecular formula is C16H21NO2. The van der Waals surface area contributed by atoms with E-state index >= 15 is 0 Å². The highest BCUT2D eigenvalue weighted by molar-refractivity contribution is 5.36. The van der Waals surface area contributed by atoms with Crippen LogP contribution >= 0.6 is 0 Å². The molecule has 0 radical (unpaired) electrons. The zero-order chi connectivity index (χ0) is 13.5. The van der Waals surface area contributed by atoms with Crippen molar-refractivity contribution in [2.75, 3.05) is 26.9 Å². The molecule has 1 aromatic carbocycles. The Morgan fingerprint density at radius 3 is 2.79 bits per heavy atom. The molecule has 19 heavy (non-hydrogen) atoms. The van der Waals surface area contributed by atoms with Gasteiger partial charge in [-0.15, -0.1) is 0 Å². The third-order valence-electron chi connectivity index (χ3n) is 3.38. The first-order valence-corrected chi connectivity index (χ1v) is 6.76. The van der Waals surface area contributed by atoms with Gasteiger partial charge in [0.1, 0.15) is 0 Å². The first-order valence-electron chi connectivity index (χ1n) is 6.76. The lowest BCUT2D eigenvalue weighted by Crippen LogP contribution is -2.31. The van der Waals surface area contributed by atoms with Crippen molar-refractivity contribution >= 4 is 0 Å². The van der Waals surface area contributed by atoms with Crippen molar-refractivity contribution in [1.29, 1.82) is 0 Å². The van der Waals surface area contributed by atoms with E-state index in [1.165, 1.54) is 5.56 Å². The molecule has 0 aromatic heterocycles. The van der Waals surface area contributed by atoms with Crippen LogP contribution in [0.5, 0.6) is 0 Å². The summed E-state index contributed by atoms with van der Waals surface area (Å²) in [5, 5.41) is 8.67. The van der Waals surface area contributed by atoms with Crippen LogP contribution in [-0.4, -0.2) is 42.9 Å². The lowest BCUT2D eigenvalue weighted by atomic mass is 10.1. The van der Waals surface area contributed by atoms with Gasteiger partial charge in [0.25, 0.3) is 0 Å². The second-order valence-corrected chi connectivity index (χ2v) is 4.90. The van der Waals surface area contributed by atoms with Crippen molar-refractivity contribution < 1.29 is 9.84 Å². The van der Waals surface area contributed by atoms with E-state index < -0.39 is 0 Å². The zero-order valence-corrected chi connectivity index (χ0v) is 11.4. The Hall–Kier alpha value is -1.34. The number of nitrogens with zero attached hydrogens (tertiary/aromatic N) is 1. The first kappa shape index (κ1) is 14.1. The fourth-order valence-electron chi connectivity index (χ4n) is 2.20. The number of hydrogen-bond donors (Lipinski definition) is 1. The fraction of sp³-hybridized carbons (Fsp3) is 0.500. The summed E-state index contributed by atoms with van der Waals surface area (Å²) in [5.74, 6) is 5.97. The summed E-state index contributed by atoms with van der Waals surface area (Å²) in [6.45, 7) is 2.80. The van der Waals surface area contributed by atoms with Gasteiger partial charge >= 0.3 is 0 Å². The van der Waals surface area contributed by atoms with E-state index in [0.29, 0.717) is 12.5 Å². The van der Waals surface area contributed by atoms with Crippen molar-refractivity contribution in [3.05, 3.63) is 35.4 Å². The van der Waals surface area contributed by atoms with E-state index in [1.807, 2.05) is 12.1 Å². The quantitative estimate of drug-likeness (QED) is 0.834. The Kier molecular flexibility index (Phi) is 5.41. The molecule has 1 aliphatic rings. The van der Waals surface area contributed by atoms with Crippen molar-refractivity contribution in [2.45, 2.75) is 25.4 Å². The number of ether oxygens (including phenoxy) is 1. The average molecular weight is 259 g/mol. The average Bonchev–Trinajstić information content (AvgIpc) is 2.95. The molecule has 1 aliphatic heterocycles. The molecule has 0 bridgehead atoms. The number of aliphatic hydroxyl groups is 1. The molecule has 102 valence electrons. The molecule has 0 amide bonds. The van der Waals surface area contributed by atoms with Crippen LogP contribution in [0, 0.1) is 11.8 Å². The molecule has 2 rings (SSSR count). The van der Waals surface area contributed by atoms with E-state index in [2.05, 4.69) is 35.9 Å². The van der Waals surface area contributed by atoms with Gasteiger partial charge in [0.2, 0.25) is 0 Å². The predicted octanol–water partition coefficient (Wildman–Crippen LogP) is 1.64. The molecule has 3 heteroatoms. The molecule has 1 heterocycles. The minimum atomic E-state index is 0.124. The molecule has 1 atom stereocenters. The van der Waals surface area contributed by atoms with Crippen LogP contribution < -0.4 is 0 Å². The highest BCUT2D eigenvalue weighted by atomic mass is 16.5. The van der Waals surface area contributed by atoms with Crippen molar-refractivity contribution in [2.24, 2.45) is 0 Å². The van der Waals surface area contributed by atoms with Gasteiger partial charge in [-0.05, 0) is 31.2 Å². The number of aliphatic hydroxyl groups excluding tert-OH is 1. The van der Waals surface area contributed by atoms with Gasteiger partial charge in [0.05, 0.1) is 13.2 Å². The standard InChI is InChI=1S/C16H21NO2/c1-17(16-9-11-19-13-16)12-15-7-5-14(6-8-15)4-2-3-10-18/h5-8,16,18H,3,9-13H2,1H3. The van der Waals surface area contributed by atoms with E-state index in [9.17, 15) is 0 Å². The van der Waals surface area contributed by atoms with Crippen LogP contribution in [0.1, 0.15) is 24.0 Å². The molecule has 0 spiro atoms. The number of likely N-dealkylation sites (N-methyl/N-ethyl adjacent to an activating group) is 1. The van der Waals surface area contributed by atoms with Crippen LogP contribution in [0.2, 0.25) is 0 Å². The van der Waals surface area contributed by atoms with Crippen LogP contribution in [0.15, 0.2) is 24.3 Å². The number of rotatable bonds is 4. The van der Waals surface area contributed by atoms with E-state index in [-0.39, 0.29) is 6.61 Å². The first-order chi connectivity index (χ1) is 9.29. The smallest absolute Gasteiger partial charge is 0.0622 e. The molecule has 1 fully saturated rings. The summed E-state index contributed by atoms with van der Waals surface area (Å²) in [5.41, 5.74) is 2.30. The largest absolute Gasteiger partial charge is 0.395 e. The third kappa shape index (κ3) is 4.36. The minimum absolute atomic E-state index is 0.124. The summed E-state index contributed by atoms with van der Waals surface area (Å²) in [7, 11) is 2.15. The predicted molar refractivity (Wildman–Crippen MR) is 75.7 cm³/mol. The van der Waals surface area contributed by atoms with Crippen molar-refractivity contribution in [1.82, 2.24) is 4.90 Å². The molecule has 1 saturated heterocycles. The minimum Gasteiger partial charge on any atom is -0.395 e. The Morgan fingerprint density at radius 2 is 2.16 bits per heavy atom. The maximum Gasteiger partial charge on any atom is 0.0622 e. The molecular weight excluding hydrogens is 238 g/mol. The Labute approximate surface area is 115 Å². The van der Waals surface area contributed by atoms with Crippen LogP contribution in [0.3, 0.4) is 0 Å². The van der Waals surface area contributed by atoms with E-state index in [4.69, 9.17) is 9.84 Å². The van der Waals surface area contributed by atoms with Crippen LogP contribution in [-0.2, 0) is 11.3 Å². The monoisotopic (exact) mass is 259 g/mol. The maximum absolute atomic E-state index is 8.67. The van der Waals surface area contributed by atoms with Gasteiger partial charge < -0.3 is 9.84 Å². The summed E-state index contributed by atoms with van der Waals surface area (Å²) in [6, 6.07) is 8.87. The van der Waals surface area contributed by atoms with Crippen molar-refractivity contribution in [3.63, 3.8) is 0 Å². The van der Waals surface area contributed by atoms with Gasteiger partial charge in [-0.3, -0.25) is 4.90 Å². The van der Waals surface area contributed by atoms with Crippen LogP contribution in [0.25, 0.3) is 0 Å². The second kappa shape index (κ2) is 7.30. The summed E-state index contributed by atoms with van der Waals surface area (Å²) in [4.78, 5) is 2.35. The third-order valence-corrected chi connectivity index (χ3v) is 3.38. The molecule has 0 aliphatic carbocycles. The second-order valence-electron chi connectivity index (χ2n) is 4.90. The number of benzene rings is 1. The summed E-state index contributed by atoms with van der Waals surface area (Å²) < 4.78 is 5.41. The highest BCUT2D eigenvalue weighted by Gasteiger charge is 2.19. The molecule has 1 N–H and O–H groups in total.